The largest absolute Gasteiger partial charge is 0.390 e. The molecule has 0 aromatic carbocycles. The van der Waals surface area contributed by atoms with Crippen molar-refractivity contribution in [3.05, 3.63) is 0 Å². The fourth-order valence-electron chi connectivity index (χ4n) is 4.60. The molecule has 0 aliphatic rings. The number of aliphatic hydroxyl groups excluding tert-OH is 2. The van der Waals surface area contributed by atoms with Crippen molar-refractivity contribution >= 4 is 0 Å². The minimum Gasteiger partial charge on any atom is -0.390 e. The highest BCUT2D eigenvalue weighted by atomic mass is 16.3. The van der Waals surface area contributed by atoms with Crippen molar-refractivity contribution in [2.24, 2.45) is 0 Å². The quantitative estimate of drug-likeness (QED) is 0.131. The molecule has 0 aromatic heterocycles. The highest BCUT2D eigenvalue weighted by molar-refractivity contribution is 4.67. The second kappa shape index (κ2) is 26.2. The second-order valence-corrected chi connectivity index (χ2v) is 10.1. The Morgan fingerprint density at radius 2 is 0.516 bits per heavy atom. The van der Waals surface area contributed by atoms with E-state index in [1.807, 2.05) is 0 Å². The van der Waals surface area contributed by atoms with Crippen LogP contribution in [0.25, 0.3) is 0 Å². The van der Waals surface area contributed by atoms with E-state index in [2.05, 4.69) is 13.8 Å². The summed E-state index contributed by atoms with van der Waals surface area (Å²) in [6, 6.07) is 0. The summed E-state index contributed by atoms with van der Waals surface area (Å²) in [7, 11) is 0. The normalized spacial score (nSPS) is 13.5. The van der Waals surface area contributed by atoms with E-state index >= 15 is 0 Å². The SMILES string of the molecule is CCCCCCCCCCCCCCCCCCC[C@H](O)[C@H](O)CCCCCCCC. The van der Waals surface area contributed by atoms with Crippen molar-refractivity contribution in [3.8, 4) is 0 Å². The van der Waals surface area contributed by atoms with Crippen LogP contribution in [0, 0.1) is 0 Å². The Labute approximate surface area is 197 Å². The Morgan fingerprint density at radius 3 is 0.742 bits per heavy atom. The third kappa shape index (κ3) is 24.4. The van der Waals surface area contributed by atoms with Crippen LogP contribution in [0.1, 0.15) is 174 Å². The van der Waals surface area contributed by atoms with Crippen LogP contribution in [0.2, 0.25) is 0 Å². The van der Waals surface area contributed by atoms with Gasteiger partial charge in [-0.2, -0.15) is 0 Å². The fraction of sp³-hybridized carbons (Fsp3) is 1.00. The van der Waals surface area contributed by atoms with Crippen molar-refractivity contribution in [1.82, 2.24) is 0 Å². The number of unbranched alkanes of at least 4 members (excludes halogenated alkanes) is 21. The van der Waals surface area contributed by atoms with Crippen LogP contribution in [0.5, 0.6) is 0 Å². The fourth-order valence-corrected chi connectivity index (χ4v) is 4.60. The van der Waals surface area contributed by atoms with E-state index in [-0.39, 0.29) is 0 Å². The van der Waals surface area contributed by atoms with Gasteiger partial charge in [-0.05, 0) is 12.8 Å². The molecule has 0 spiro atoms. The molecule has 0 radical (unpaired) electrons. The van der Waals surface area contributed by atoms with Gasteiger partial charge in [-0.1, -0.05) is 162 Å². The molecule has 0 rings (SSSR count). The first-order valence-corrected chi connectivity index (χ1v) is 14.6. The van der Waals surface area contributed by atoms with E-state index in [0.717, 1.165) is 25.7 Å². The van der Waals surface area contributed by atoms with Gasteiger partial charge in [-0.25, -0.2) is 0 Å². The van der Waals surface area contributed by atoms with E-state index in [1.54, 1.807) is 0 Å². The van der Waals surface area contributed by atoms with Gasteiger partial charge >= 0.3 is 0 Å². The lowest BCUT2D eigenvalue weighted by atomic mass is 9.99. The zero-order valence-electron chi connectivity index (χ0n) is 21.7. The lowest BCUT2D eigenvalue weighted by Gasteiger charge is -2.17. The van der Waals surface area contributed by atoms with Crippen LogP contribution in [0.4, 0.5) is 0 Å². The van der Waals surface area contributed by atoms with Crippen molar-refractivity contribution in [1.29, 1.82) is 0 Å². The molecule has 0 saturated heterocycles. The summed E-state index contributed by atoms with van der Waals surface area (Å²) < 4.78 is 0. The van der Waals surface area contributed by atoms with Crippen molar-refractivity contribution in [2.75, 3.05) is 0 Å². The first-order chi connectivity index (χ1) is 15.2. The molecule has 2 nitrogen and oxygen atoms in total. The maximum Gasteiger partial charge on any atom is 0.0799 e. The maximum atomic E-state index is 10.1. The standard InChI is InChI=1S/C29H60O2/c1-3-5-7-9-11-12-13-14-15-16-17-18-19-20-21-23-25-27-29(31)28(30)26-24-22-10-8-6-4-2/h28-31H,3-27H2,1-2H3/t28-,29+/m1/s1. The Bertz CT molecular complexity index is 318. The molecule has 31 heavy (non-hydrogen) atoms. The van der Waals surface area contributed by atoms with Gasteiger partial charge in [-0.3, -0.25) is 0 Å². The Balaban J connectivity index is 3.22. The van der Waals surface area contributed by atoms with Crippen LogP contribution in [0.3, 0.4) is 0 Å². The third-order valence-corrected chi connectivity index (χ3v) is 6.90. The minimum absolute atomic E-state index is 0.507. The Hall–Kier alpha value is -0.0800. The second-order valence-electron chi connectivity index (χ2n) is 10.1. The van der Waals surface area contributed by atoms with Gasteiger partial charge in [0.25, 0.3) is 0 Å². The molecule has 0 amide bonds. The topological polar surface area (TPSA) is 40.5 Å². The minimum atomic E-state index is -0.507. The van der Waals surface area contributed by atoms with Crippen LogP contribution < -0.4 is 0 Å². The molecular weight excluding hydrogens is 380 g/mol. The number of rotatable bonds is 26. The first kappa shape index (κ1) is 30.9. The molecule has 2 atom stereocenters. The molecule has 2 N–H and O–H groups in total. The molecule has 2 heteroatoms. The van der Waals surface area contributed by atoms with E-state index in [0.29, 0.717) is 0 Å². The Kier molecular flexibility index (Phi) is 26.1. The molecule has 0 heterocycles. The molecule has 0 aromatic rings. The van der Waals surface area contributed by atoms with Gasteiger partial charge in [-0.15, -0.1) is 0 Å². The van der Waals surface area contributed by atoms with Crippen LogP contribution in [0.15, 0.2) is 0 Å². The number of aliphatic hydroxyl groups is 2. The summed E-state index contributed by atoms with van der Waals surface area (Å²) in [5.41, 5.74) is 0. The zero-order valence-corrected chi connectivity index (χ0v) is 21.7. The third-order valence-electron chi connectivity index (χ3n) is 6.90. The monoisotopic (exact) mass is 440 g/mol. The number of hydrogen-bond acceptors (Lipinski definition) is 2. The van der Waals surface area contributed by atoms with E-state index in [4.69, 9.17) is 0 Å². The summed E-state index contributed by atoms with van der Waals surface area (Å²) in [5, 5.41) is 20.2. The van der Waals surface area contributed by atoms with E-state index < -0.39 is 12.2 Å². The van der Waals surface area contributed by atoms with E-state index in [1.165, 1.54) is 135 Å². The summed E-state index contributed by atoms with van der Waals surface area (Å²) >= 11 is 0. The maximum absolute atomic E-state index is 10.1. The predicted octanol–water partition coefficient (Wildman–Crippen LogP) is 9.50. The summed E-state index contributed by atoms with van der Waals surface area (Å²) in [5.74, 6) is 0. The summed E-state index contributed by atoms with van der Waals surface area (Å²) in [4.78, 5) is 0. The van der Waals surface area contributed by atoms with Gasteiger partial charge in [0.15, 0.2) is 0 Å². The molecule has 0 saturated carbocycles. The molecule has 0 fully saturated rings. The average Bonchev–Trinajstić information content (AvgIpc) is 2.77. The van der Waals surface area contributed by atoms with Gasteiger partial charge in [0.05, 0.1) is 12.2 Å². The van der Waals surface area contributed by atoms with Crippen LogP contribution in [-0.4, -0.2) is 22.4 Å². The first-order valence-electron chi connectivity index (χ1n) is 14.6. The molecule has 0 bridgehead atoms. The van der Waals surface area contributed by atoms with E-state index in [9.17, 15) is 10.2 Å². The number of hydrogen-bond donors (Lipinski definition) is 2. The average molecular weight is 441 g/mol. The summed E-state index contributed by atoms with van der Waals surface area (Å²) in [6.45, 7) is 4.52. The van der Waals surface area contributed by atoms with Crippen LogP contribution >= 0.6 is 0 Å². The lowest BCUT2D eigenvalue weighted by molar-refractivity contribution is 0.00712. The van der Waals surface area contributed by atoms with Gasteiger partial charge in [0.1, 0.15) is 0 Å². The Morgan fingerprint density at radius 1 is 0.323 bits per heavy atom. The lowest BCUT2D eigenvalue weighted by Crippen LogP contribution is -2.25. The van der Waals surface area contributed by atoms with Crippen LogP contribution in [-0.2, 0) is 0 Å². The zero-order chi connectivity index (χ0) is 22.8. The smallest absolute Gasteiger partial charge is 0.0799 e. The molecule has 0 aliphatic carbocycles. The van der Waals surface area contributed by atoms with Gasteiger partial charge in [0.2, 0.25) is 0 Å². The van der Waals surface area contributed by atoms with Gasteiger partial charge < -0.3 is 10.2 Å². The van der Waals surface area contributed by atoms with Crippen molar-refractivity contribution in [2.45, 2.75) is 187 Å². The van der Waals surface area contributed by atoms with Crippen molar-refractivity contribution in [3.63, 3.8) is 0 Å². The molecule has 0 unspecified atom stereocenters. The highest BCUT2D eigenvalue weighted by Gasteiger charge is 2.15. The molecular formula is C29H60O2. The molecule has 0 aliphatic heterocycles. The van der Waals surface area contributed by atoms with Gasteiger partial charge in [0, 0.05) is 0 Å². The molecule has 188 valence electrons. The summed E-state index contributed by atoms with van der Waals surface area (Å²) in [6.07, 6.45) is 31.4. The highest BCUT2D eigenvalue weighted by Crippen LogP contribution is 2.16. The predicted molar refractivity (Wildman–Crippen MR) is 139 cm³/mol. The van der Waals surface area contributed by atoms with Crippen molar-refractivity contribution < 1.29 is 10.2 Å².